The molecule has 26 heavy (non-hydrogen) atoms. The molecule has 0 unspecified atom stereocenters. The maximum absolute atomic E-state index is 12.0. The van der Waals surface area contributed by atoms with Gasteiger partial charge in [0.1, 0.15) is 5.75 Å². The van der Waals surface area contributed by atoms with Crippen molar-refractivity contribution >= 4 is 23.2 Å². The number of hydrogen-bond donors (Lipinski definition) is 2. The Bertz CT molecular complexity index is 674. The van der Waals surface area contributed by atoms with Crippen LogP contribution in [-0.4, -0.2) is 19.1 Å². The highest BCUT2D eigenvalue weighted by atomic mass is 35.5. The molecule has 0 saturated heterocycles. The predicted octanol–water partition coefficient (Wildman–Crippen LogP) is 5.03. The standard InChI is InChI=1S/C21H27ClN2O2/c1-2-3-4-7-14-26-19-12-10-18(11-13-19)23-16-21(25)24-15-17-8-5-6-9-20(17)22/h5-6,8-13,23H,2-4,7,14-16H2,1H3,(H,24,25). The molecule has 0 bridgehead atoms. The van der Waals surface area contributed by atoms with Crippen molar-refractivity contribution in [3.8, 4) is 5.75 Å². The monoisotopic (exact) mass is 374 g/mol. The Labute approximate surface area is 160 Å². The molecule has 0 aliphatic carbocycles. The first-order valence-corrected chi connectivity index (χ1v) is 9.53. The van der Waals surface area contributed by atoms with Crippen LogP contribution in [0.2, 0.25) is 5.02 Å². The molecule has 0 heterocycles. The van der Waals surface area contributed by atoms with Crippen molar-refractivity contribution in [3.05, 3.63) is 59.1 Å². The fourth-order valence-electron chi connectivity index (χ4n) is 2.47. The van der Waals surface area contributed by atoms with Crippen LogP contribution in [0.25, 0.3) is 0 Å². The molecule has 0 saturated carbocycles. The van der Waals surface area contributed by atoms with Crippen LogP contribution < -0.4 is 15.4 Å². The van der Waals surface area contributed by atoms with Crippen molar-refractivity contribution in [2.45, 2.75) is 39.2 Å². The molecule has 0 aromatic heterocycles. The van der Waals surface area contributed by atoms with E-state index in [1.165, 1.54) is 19.3 Å². The molecule has 1 amide bonds. The van der Waals surface area contributed by atoms with Crippen molar-refractivity contribution in [1.82, 2.24) is 5.32 Å². The van der Waals surface area contributed by atoms with E-state index in [1.807, 2.05) is 48.5 Å². The van der Waals surface area contributed by atoms with Crippen LogP contribution in [0, 0.1) is 0 Å². The van der Waals surface area contributed by atoms with Crippen LogP contribution in [0.4, 0.5) is 5.69 Å². The number of anilines is 1. The minimum absolute atomic E-state index is 0.0822. The van der Waals surface area contributed by atoms with Gasteiger partial charge in [-0.05, 0) is 42.3 Å². The zero-order valence-corrected chi connectivity index (χ0v) is 16.0. The number of ether oxygens (including phenoxy) is 1. The highest BCUT2D eigenvalue weighted by molar-refractivity contribution is 6.31. The number of halogens is 1. The molecule has 140 valence electrons. The van der Waals surface area contributed by atoms with E-state index in [4.69, 9.17) is 16.3 Å². The van der Waals surface area contributed by atoms with Gasteiger partial charge >= 0.3 is 0 Å². The summed E-state index contributed by atoms with van der Waals surface area (Å²) < 4.78 is 5.71. The minimum atomic E-state index is -0.0822. The Morgan fingerprint density at radius 1 is 1.04 bits per heavy atom. The first-order chi connectivity index (χ1) is 12.7. The lowest BCUT2D eigenvalue weighted by Crippen LogP contribution is -2.29. The number of nitrogens with one attached hydrogen (secondary N) is 2. The Hall–Kier alpha value is -2.20. The second-order valence-corrected chi connectivity index (χ2v) is 6.56. The maximum Gasteiger partial charge on any atom is 0.239 e. The van der Waals surface area contributed by atoms with E-state index < -0.39 is 0 Å². The van der Waals surface area contributed by atoms with Crippen molar-refractivity contribution in [1.29, 1.82) is 0 Å². The van der Waals surface area contributed by atoms with E-state index in [0.717, 1.165) is 30.0 Å². The molecule has 0 fully saturated rings. The van der Waals surface area contributed by atoms with Gasteiger partial charge in [-0.25, -0.2) is 0 Å². The van der Waals surface area contributed by atoms with Crippen LogP contribution in [0.3, 0.4) is 0 Å². The number of rotatable bonds is 11. The maximum atomic E-state index is 12.0. The van der Waals surface area contributed by atoms with E-state index in [9.17, 15) is 4.79 Å². The highest BCUT2D eigenvalue weighted by Crippen LogP contribution is 2.16. The van der Waals surface area contributed by atoms with Gasteiger partial charge < -0.3 is 15.4 Å². The fraction of sp³-hybridized carbons (Fsp3) is 0.381. The molecule has 2 N–H and O–H groups in total. The molecule has 2 rings (SSSR count). The molecular weight excluding hydrogens is 348 g/mol. The van der Waals surface area contributed by atoms with Gasteiger partial charge in [0.2, 0.25) is 5.91 Å². The second-order valence-electron chi connectivity index (χ2n) is 6.16. The first kappa shape index (κ1) is 20.1. The number of amides is 1. The number of carbonyl (C=O) groups is 1. The van der Waals surface area contributed by atoms with Crippen molar-refractivity contribution in [2.75, 3.05) is 18.5 Å². The van der Waals surface area contributed by atoms with E-state index >= 15 is 0 Å². The average Bonchev–Trinajstić information content (AvgIpc) is 2.66. The minimum Gasteiger partial charge on any atom is -0.494 e. The number of unbranched alkanes of at least 4 members (excludes halogenated alkanes) is 3. The Morgan fingerprint density at radius 2 is 1.81 bits per heavy atom. The Balaban J connectivity index is 1.67. The highest BCUT2D eigenvalue weighted by Gasteiger charge is 2.04. The molecule has 2 aromatic carbocycles. The third-order valence-electron chi connectivity index (χ3n) is 4.01. The van der Waals surface area contributed by atoms with Gasteiger partial charge in [0.25, 0.3) is 0 Å². The van der Waals surface area contributed by atoms with Gasteiger partial charge in [-0.1, -0.05) is 56.0 Å². The molecule has 0 spiro atoms. The molecule has 0 atom stereocenters. The summed E-state index contributed by atoms with van der Waals surface area (Å²) in [5, 5.41) is 6.62. The lowest BCUT2D eigenvalue weighted by atomic mass is 10.2. The zero-order valence-electron chi connectivity index (χ0n) is 15.3. The molecule has 2 aromatic rings. The third-order valence-corrected chi connectivity index (χ3v) is 4.38. The fourth-order valence-corrected chi connectivity index (χ4v) is 2.67. The summed E-state index contributed by atoms with van der Waals surface area (Å²) in [5.41, 5.74) is 1.79. The lowest BCUT2D eigenvalue weighted by Gasteiger charge is -2.10. The summed E-state index contributed by atoms with van der Waals surface area (Å²) in [6.45, 7) is 3.58. The van der Waals surface area contributed by atoms with Crippen molar-refractivity contribution in [3.63, 3.8) is 0 Å². The first-order valence-electron chi connectivity index (χ1n) is 9.16. The van der Waals surface area contributed by atoms with Gasteiger partial charge in [-0.2, -0.15) is 0 Å². The van der Waals surface area contributed by atoms with Crippen LogP contribution in [0.1, 0.15) is 38.2 Å². The predicted molar refractivity (Wildman–Crippen MR) is 108 cm³/mol. The van der Waals surface area contributed by atoms with E-state index in [2.05, 4.69) is 17.6 Å². The molecule has 5 heteroatoms. The summed E-state index contributed by atoms with van der Waals surface area (Å²) in [6, 6.07) is 15.2. The summed E-state index contributed by atoms with van der Waals surface area (Å²) in [4.78, 5) is 12.0. The van der Waals surface area contributed by atoms with E-state index in [0.29, 0.717) is 11.6 Å². The number of hydrogen-bond acceptors (Lipinski definition) is 3. The molecule has 0 aliphatic rings. The molecule has 4 nitrogen and oxygen atoms in total. The zero-order chi connectivity index (χ0) is 18.6. The molecule has 0 radical (unpaired) electrons. The summed E-state index contributed by atoms with van der Waals surface area (Å²) in [5.74, 6) is 0.774. The quantitative estimate of drug-likeness (QED) is 0.542. The topological polar surface area (TPSA) is 50.4 Å². The summed E-state index contributed by atoms with van der Waals surface area (Å²) >= 11 is 6.08. The van der Waals surface area contributed by atoms with Crippen LogP contribution in [-0.2, 0) is 11.3 Å². The Kier molecular flexibility index (Phi) is 8.84. The molecular formula is C21H27ClN2O2. The van der Waals surface area contributed by atoms with Crippen molar-refractivity contribution < 1.29 is 9.53 Å². The van der Waals surface area contributed by atoms with Gasteiger partial charge in [0, 0.05) is 17.3 Å². The smallest absolute Gasteiger partial charge is 0.239 e. The summed E-state index contributed by atoms with van der Waals surface area (Å²) in [6.07, 6.45) is 4.77. The summed E-state index contributed by atoms with van der Waals surface area (Å²) in [7, 11) is 0. The number of benzene rings is 2. The average molecular weight is 375 g/mol. The largest absolute Gasteiger partial charge is 0.494 e. The van der Waals surface area contributed by atoms with Gasteiger partial charge in [-0.15, -0.1) is 0 Å². The number of carbonyl (C=O) groups excluding carboxylic acids is 1. The van der Waals surface area contributed by atoms with Gasteiger partial charge in [-0.3, -0.25) is 4.79 Å². The normalized spacial score (nSPS) is 10.4. The third kappa shape index (κ3) is 7.36. The van der Waals surface area contributed by atoms with Crippen LogP contribution >= 0.6 is 11.6 Å². The van der Waals surface area contributed by atoms with Crippen LogP contribution in [0.15, 0.2) is 48.5 Å². The van der Waals surface area contributed by atoms with Crippen molar-refractivity contribution in [2.24, 2.45) is 0 Å². The van der Waals surface area contributed by atoms with Crippen LogP contribution in [0.5, 0.6) is 5.75 Å². The molecule has 0 aliphatic heterocycles. The lowest BCUT2D eigenvalue weighted by molar-refractivity contribution is -0.119. The van der Waals surface area contributed by atoms with E-state index in [-0.39, 0.29) is 12.5 Å². The Morgan fingerprint density at radius 3 is 2.54 bits per heavy atom. The van der Waals surface area contributed by atoms with Gasteiger partial charge in [0.15, 0.2) is 0 Å². The SMILES string of the molecule is CCCCCCOc1ccc(NCC(=O)NCc2ccccc2Cl)cc1. The van der Waals surface area contributed by atoms with E-state index in [1.54, 1.807) is 0 Å². The van der Waals surface area contributed by atoms with Gasteiger partial charge in [0.05, 0.1) is 13.2 Å². The second kappa shape index (κ2) is 11.4.